The average Bonchev–Trinajstić information content (AvgIpc) is 2.54. The number of hydrogen-bond donors (Lipinski definition) is 1. The zero-order chi connectivity index (χ0) is 14.7. The Labute approximate surface area is 124 Å². The maximum Gasteiger partial charge on any atom is 0.148 e. The summed E-state index contributed by atoms with van der Waals surface area (Å²) in [6.07, 6.45) is 4.37. The number of nitrogens with zero attached hydrogens (tertiary/aromatic N) is 2. The van der Waals surface area contributed by atoms with Crippen LogP contribution in [0.25, 0.3) is 0 Å². The highest BCUT2D eigenvalue weighted by Gasteiger charge is 2.15. The van der Waals surface area contributed by atoms with Crippen molar-refractivity contribution in [2.75, 3.05) is 12.4 Å². The standard InChI is InChI=1S/C17H17N3O/c1-21-15-7-4-6-14(10-15)19-17-13(11-18)9-12-5-2-3-8-16(12)20-17/h4,6-7,9-10H,2-3,5,8H2,1H3,(H,19,20). The van der Waals surface area contributed by atoms with Crippen molar-refractivity contribution in [3.63, 3.8) is 0 Å². The molecule has 1 N–H and O–H groups in total. The van der Waals surface area contributed by atoms with E-state index in [-0.39, 0.29) is 0 Å². The molecular weight excluding hydrogens is 262 g/mol. The number of hydrogen-bond acceptors (Lipinski definition) is 4. The first kappa shape index (κ1) is 13.4. The summed E-state index contributed by atoms with van der Waals surface area (Å²) >= 11 is 0. The van der Waals surface area contributed by atoms with Gasteiger partial charge < -0.3 is 10.1 Å². The minimum Gasteiger partial charge on any atom is -0.497 e. The molecule has 21 heavy (non-hydrogen) atoms. The first-order valence-electron chi connectivity index (χ1n) is 7.14. The van der Waals surface area contributed by atoms with Crippen molar-refractivity contribution in [1.82, 2.24) is 4.98 Å². The van der Waals surface area contributed by atoms with E-state index in [1.54, 1.807) is 7.11 Å². The van der Waals surface area contributed by atoms with E-state index in [1.165, 1.54) is 18.4 Å². The second kappa shape index (κ2) is 5.84. The minimum absolute atomic E-state index is 0.596. The number of pyridine rings is 1. The SMILES string of the molecule is COc1cccc(Nc2nc3c(cc2C#N)CCCC3)c1. The number of benzene rings is 1. The van der Waals surface area contributed by atoms with Crippen molar-refractivity contribution in [2.45, 2.75) is 25.7 Å². The lowest BCUT2D eigenvalue weighted by Gasteiger charge is -2.17. The van der Waals surface area contributed by atoms with Gasteiger partial charge in [0.05, 0.1) is 12.7 Å². The van der Waals surface area contributed by atoms with Crippen LogP contribution >= 0.6 is 0 Å². The van der Waals surface area contributed by atoms with Crippen LogP contribution in [0.2, 0.25) is 0 Å². The van der Waals surface area contributed by atoms with Crippen LogP contribution in [0, 0.1) is 11.3 Å². The largest absolute Gasteiger partial charge is 0.497 e. The van der Waals surface area contributed by atoms with E-state index in [9.17, 15) is 5.26 Å². The van der Waals surface area contributed by atoms with Crippen LogP contribution < -0.4 is 10.1 Å². The van der Waals surface area contributed by atoms with Gasteiger partial charge in [0.25, 0.3) is 0 Å². The summed E-state index contributed by atoms with van der Waals surface area (Å²) in [5.41, 5.74) is 3.80. The van der Waals surface area contributed by atoms with Gasteiger partial charge in [-0.05, 0) is 49.4 Å². The lowest BCUT2D eigenvalue weighted by Crippen LogP contribution is -2.09. The van der Waals surface area contributed by atoms with Crippen molar-refractivity contribution >= 4 is 11.5 Å². The Balaban J connectivity index is 1.95. The molecule has 1 aromatic carbocycles. The van der Waals surface area contributed by atoms with Crippen molar-refractivity contribution in [3.8, 4) is 11.8 Å². The molecule has 0 unspecified atom stereocenters. The maximum absolute atomic E-state index is 9.34. The number of nitrogens with one attached hydrogen (secondary N) is 1. The Bertz CT molecular complexity index is 704. The molecule has 1 aliphatic rings. The van der Waals surface area contributed by atoms with E-state index in [2.05, 4.69) is 16.4 Å². The molecule has 0 aliphatic heterocycles. The summed E-state index contributed by atoms with van der Waals surface area (Å²) in [5, 5.41) is 12.6. The number of rotatable bonds is 3. The predicted molar refractivity (Wildman–Crippen MR) is 81.9 cm³/mol. The molecule has 0 fully saturated rings. The van der Waals surface area contributed by atoms with Gasteiger partial charge in [0, 0.05) is 17.4 Å². The summed E-state index contributed by atoms with van der Waals surface area (Å²) in [7, 11) is 1.64. The van der Waals surface area contributed by atoms with Crippen LogP contribution in [0.15, 0.2) is 30.3 Å². The first-order chi connectivity index (χ1) is 10.3. The molecule has 0 radical (unpaired) electrons. The number of fused-ring (bicyclic) bond motifs is 1. The summed E-state index contributed by atoms with van der Waals surface area (Å²) in [6, 6.07) is 11.8. The Morgan fingerprint density at radius 1 is 1.24 bits per heavy atom. The van der Waals surface area contributed by atoms with E-state index in [0.717, 1.165) is 30.0 Å². The molecule has 0 amide bonds. The molecule has 4 heteroatoms. The van der Waals surface area contributed by atoms with Gasteiger partial charge in [-0.3, -0.25) is 0 Å². The Hall–Kier alpha value is -2.54. The van der Waals surface area contributed by atoms with Crippen molar-refractivity contribution in [2.24, 2.45) is 0 Å². The molecule has 1 aliphatic carbocycles. The number of anilines is 2. The Morgan fingerprint density at radius 3 is 2.90 bits per heavy atom. The molecule has 2 aromatic rings. The van der Waals surface area contributed by atoms with E-state index in [1.807, 2.05) is 30.3 Å². The molecule has 3 rings (SSSR count). The van der Waals surface area contributed by atoms with Gasteiger partial charge in [-0.25, -0.2) is 4.98 Å². The number of aromatic nitrogens is 1. The maximum atomic E-state index is 9.34. The summed E-state index contributed by atoms with van der Waals surface area (Å²) in [4.78, 5) is 4.66. The third-order valence-electron chi connectivity index (χ3n) is 3.75. The van der Waals surface area contributed by atoms with E-state index < -0.39 is 0 Å². The normalized spacial score (nSPS) is 13.1. The van der Waals surface area contributed by atoms with Gasteiger partial charge in [-0.2, -0.15) is 5.26 Å². The van der Waals surface area contributed by atoms with Gasteiger partial charge in [0.2, 0.25) is 0 Å². The lowest BCUT2D eigenvalue weighted by atomic mass is 9.95. The fourth-order valence-electron chi connectivity index (χ4n) is 2.65. The van der Waals surface area contributed by atoms with Crippen LogP contribution in [0.1, 0.15) is 29.7 Å². The highest BCUT2D eigenvalue weighted by molar-refractivity contribution is 5.64. The van der Waals surface area contributed by atoms with Crippen LogP contribution in [0.5, 0.6) is 5.75 Å². The molecule has 0 bridgehead atoms. The van der Waals surface area contributed by atoms with Gasteiger partial charge in [0.1, 0.15) is 17.6 Å². The minimum atomic E-state index is 0.596. The van der Waals surface area contributed by atoms with Crippen LogP contribution in [0.3, 0.4) is 0 Å². The number of ether oxygens (including phenoxy) is 1. The highest BCUT2D eigenvalue weighted by Crippen LogP contribution is 2.27. The van der Waals surface area contributed by atoms with Gasteiger partial charge >= 0.3 is 0 Å². The zero-order valence-corrected chi connectivity index (χ0v) is 12.0. The molecule has 0 spiro atoms. The quantitative estimate of drug-likeness (QED) is 0.933. The molecule has 106 valence electrons. The molecule has 0 saturated heterocycles. The fraction of sp³-hybridized carbons (Fsp3) is 0.294. The van der Waals surface area contributed by atoms with Crippen molar-refractivity contribution in [3.05, 3.63) is 47.2 Å². The van der Waals surface area contributed by atoms with Crippen LogP contribution in [-0.4, -0.2) is 12.1 Å². The second-order valence-electron chi connectivity index (χ2n) is 5.17. The fourth-order valence-corrected chi connectivity index (χ4v) is 2.65. The van der Waals surface area contributed by atoms with E-state index >= 15 is 0 Å². The predicted octanol–water partition coefficient (Wildman–Crippen LogP) is 3.58. The Morgan fingerprint density at radius 2 is 2.10 bits per heavy atom. The highest BCUT2D eigenvalue weighted by atomic mass is 16.5. The second-order valence-corrected chi connectivity index (χ2v) is 5.17. The first-order valence-corrected chi connectivity index (χ1v) is 7.14. The van der Waals surface area contributed by atoms with Gasteiger partial charge in [-0.15, -0.1) is 0 Å². The lowest BCUT2D eigenvalue weighted by molar-refractivity contribution is 0.415. The number of aryl methyl sites for hydroxylation is 2. The van der Waals surface area contributed by atoms with E-state index in [4.69, 9.17) is 4.74 Å². The van der Waals surface area contributed by atoms with E-state index in [0.29, 0.717) is 11.4 Å². The topological polar surface area (TPSA) is 57.9 Å². The smallest absolute Gasteiger partial charge is 0.148 e. The summed E-state index contributed by atoms with van der Waals surface area (Å²) < 4.78 is 5.21. The van der Waals surface area contributed by atoms with Crippen molar-refractivity contribution in [1.29, 1.82) is 5.26 Å². The molecule has 4 nitrogen and oxygen atoms in total. The molecular formula is C17H17N3O. The molecule has 1 heterocycles. The van der Waals surface area contributed by atoms with Crippen LogP contribution in [-0.2, 0) is 12.8 Å². The number of nitriles is 1. The average molecular weight is 279 g/mol. The van der Waals surface area contributed by atoms with Gasteiger partial charge in [-0.1, -0.05) is 6.07 Å². The Kier molecular flexibility index (Phi) is 3.74. The van der Waals surface area contributed by atoms with Crippen LogP contribution in [0.4, 0.5) is 11.5 Å². The third kappa shape index (κ3) is 2.82. The monoisotopic (exact) mass is 279 g/mol. The van der Waals surface area contributed by atoms with Gasteiger partial charge in [0.15, 0.2) is 0 Å². The summed E-state index contributed by atoms with van der Waals surface area (Å²) in [5.74, 6) is 1.41. The molecule has 0 atom stereocenters. The zero-order valence-electron chi connectivity index (χ0n) is 12.0. The number of methoxy groups -OCH3 is 1. The van der Waals surface area contributed by atoms with Crippen molar-refractivity contribution < 1.29 is 4.74 Å². The molecule has 0 saturated carbocycles. The summed E-state index contributed by atoms with van der Waals surface area (Å²) in [6.45, 7) is 0. The third-order valence-corrected chi connectivity index (χ3v) is 3.75. The molecule has 1 aromatic heterocycles.